The van der Waals surface area contributed by atoms with Crippen molar-refractivity contribution in [2.75, 3.05) is 6.54 Å². The van der Waals surface area contributed by atoms with Gasteiger partial charge in [-0.3, -0.25) is 9.48 Å². The third kappa shape index (κ3) is 1.83. The SMILES string of the molecule is C=C1Cc2c(noc2C)-c2c3c(nn2C1)CCN(C(C)=O)C3. The fourth-order valence-corrected chi connectivity index (χ4v) is 3.38. The van der Waals surface area contributed by atoms with Crippen LogP contribution >= 0.6 is 0 Å². The van der Waals surface area contributed by atoms with Gasteiger partial charge in [0.25, 0.3) is 0 Å². The van der Waals surface area contributed by atoms with E-state index in [1.807, 2.05) is 16.5 Å². The minimum absolute atomic E-state index is 0.0974. The van der Waals surface area contributed by atoms with Gasteiger partial charge in [0.2, 0.25) is 5.91 Å². The van der Waals surface area contributed by atoms with E-state index in [1.165, 1.54) is 0 Å². The number of hydrogen-bond donors (Lipinski definition) is 0. The molecule has 4 heterocycles. The van der Waals surface area contributed by atoms with Gasteiger partial charge in [0, 0.05) is 44.0 Å². The molecular weight excluding hydrogens is 280 g/mol. The van der Waals surface area contributed by atoms with Gasteiger partial charge in [-0.2, -0.15) is 5.10 Å². The van der Waals surface area contributed by atoms with Gasteiger partial charge < -0.3 is 9.42 Å². The molecule has 0 aliphatic carbocycles. The number of nitrogens with zero attached hydrogens (tertiary/aromatic N) is 4. The van der Waals surface area contributed by atoms with Gasteiger partial charge >= 0.3 is 0 Å². The lowest BCUT2D eigenvalue weighted by Crippen LogP contribution is -2.34. The van der Waals surface area contributed by atoms with Gasteiger partial charge in [0.15, 0.2) is 0 Å². The summed E-state index contributed by atoms with van der Waals surface area (Å²) >= 11 is 0. The molecule has 6 nitrogen and oxygen atoms in total. The van der Waals surface area contributed by atoms with E-state index in [0.29, 0.717) is 13.1 Å². The maximum atomic E-state index is 11.7. The molecule has 0 fully saturated rings. The highest BCUT2D eigenvalue weighted by Gasteiger charge is 2.31. The van der Waals surface area contributed by atoms with Crippen LogP contribution in [0.4, 0.5) is 0 Å². The van der Waals surface area contributed by atoms with Crippen molar-refractivity contribution in [3.8, 4) is 11.4 Å². The van der Waals surface area contributed by atoms with Gasteiger partial charge in [0.1, 0.15) is 11.5 Å². The number of carbonyl (C=O) groups is 1. The molecule has 0 N–H and O–H groups in total. The Hall–Kier alpha value is -2.37. The van der Waals surface area contributed by atoms with E-state index >= 15 is 0 Å². The molecule has 2 aliphatic heterocycles. The van der Waals surface area contributed by atoms with E-state index < -0.39 is 0 Å². The van der Waals surface area contributed by atoms with Crippen molar-refractivity contribution in [2.24, 2.45) is 0 Å². The normalized spacial score (nSPS) is 16.8. The van der Waals surface area contributed by atoms with Crippen LogP contribution < -0.4 is 0 Å². The molecule has 0 saturated heterocycles. The highest BCUT2D eigenvalue weighted by molar-refractivity contribution is 5.75. The molecule has 0 bridgehead atoms. The monoisotopic (exact) mass is 298 g/mol. The molecule has 22 heavy (non-hydrogen) atoms. The summed E-state index contributed by atoms with van der Waals surface area (Å²) in [5.74, 6) is 0.930. The highest BCUT2D eigenvalue weighted by atomic mass is 16.5. The molecule has 2 aromatic heterocycles. The number of hydrogen-bond acceptors (Lipinski definition) is 4. The minimum Gasteiger partial charge on any atom is -0.361 e. The van der Waals surface area contributed by atoms with Crippen LogP contribution in [-0.2, 0) is 30.7 Å². The van der Waals surface area contributed by atoms with Crippen molar-refractivity contribution in [3.05, 3.63) is 34.7 Å². The summed E-state index contributed by atoms with van der Waals surface area (Å²) in [5, 5.41) is 9.00. The van der Waals surface area contributed by atoms with Crippen molar-refractivity contribution in [1.29, 1.82) is 0 Å². The van der Waals surface area contributed by atoms with Gasteiger partial charge in [0.05, 0.1) is 17.9 Å². The summed E-state index contributed by atoms with van der Waals surface area (Å²) in [6.45, 7) is 9.70. The summed E-state index contributed by atoms with van der Waals surface area (Å²) in [6, 6.07) is 0. The zero-order valence-corrected chi connectivity index (χ0v) is 12.8. The number of fused-ring (bicyclic) bond motifs is 5. The van der Waals surface area contributed by atoms with Crippen LogP contribution in [0.25, 0.3) is 11.4 Å². The van der Waals surface area contributed by atoms with E-state index in [1.54, 1.807) is 6.92 Å². The van der Waals surface area contributed by atoms with E-state index in [4.69, 9.17) is 9.62 Å². The quantitative estimate of drug-likeness (QED) is 0.696. The van der Waals surface area contributed by atoms with Crippen LogP contribution in [0.2, 0.25) is 0 Å². The average Bonchev–Trinajstić information content (AvgIpc) is 2.95. The average molecular weight is 298 g/mol. The number of carbonyl (C=O) groups excluding carboxylic acids is 1. The van der Waals surface area contributed by atoms with Crippen LogP contribution in [0.1, 0.15) is 29.5 Å². The first-order valence-electron chi connectivity index (χ1n) is 7.51. The van der Waals surface area contributed by atoms with Gasteiger partial charge in [-0.15, -0.1) is 0 Å². The van der Waals surface area contributed by atoms with Crippen molar-refractivity contribution < 1.29 is 9.32 Å². The summed E-state index contributed by atoms with van der Waals surface area (Å²) in [7, 11) is 0. The lowest BCUT2D eigenvalue weighted by molar-refractivity contribution is -0.129. The van der Waals surface area contributed by atoms with E-state index in [0.717, 1.165) is 58.9 Å². The predicted octanol–water partition coefficient (Wildman–Crippen LogP) is 1.86. The molecule has 0 aromatic carbocycles. The Labute approximate surface area is 128 Å². The van der Waals surface area contributed by atoms with Crippen molar-refractivity contribution >= 4 is 5.91 Å². The molecule has 4 rings (SSSR count). The summed E-state index contributed by atoms with van der Waals surface area (Å²) in [4.78, 5) is 13.6. The predicted molar refractivity (Wildman–Crippen MR) is 80.1 cm³/mol. The molecule has 6 heteroatoms. The van der Waals surface area contributed by atoms with E-state index in [2.05, 4.69) is 11.7 Å². The molecule has 2 aromatic rings. The molecule has 2 aliphatic rings. The fourth-order valence-electron chi connectivity index (χ4n) is 3.38. The molecule has 0 saturated carbocycles. The fraction of sp³-hybridized carbons (Fsp3) is 0.438. The largest absolute Gasteiger partial charge is 0.361 e. The maximum Gasteiger partial charge on any atom is 0.219 e. The Kier molecular flexibility index (Phi) is 2.76. The second kappa shape index (κ2) is 4.56. The van der Waals surface area contributed by atoms with Crippen LogP contribution in [0.3, 0.4) is 0 Å². The Bertz CT molecular complexity index is 799. The zero-order valence-electron chi connectivity index (χ0n) is 12.8. The highest BCUT2D eigenvalue weighted by Crippen LogP contribution is 2.36. The van der Waals surface area contributed by atoms with Crippen LogP contribution in [0.5, 0.6) is 0 Å². The lowest BCUT2D eigenvalue weighted by Gasteiger charge is -2.25. The lowest BCUT2D eigenvalue weighted by atomic mass is 10.00. The third-order valence-corrected chi connectivity index (χ3v) is 4.56. The molecule has 0 spiro atoms. The first-order valence-corrected chi connectivity index (χ1v) is 7.51. The minimum atomic E-state index is 0.0974. The molecule has 0 atom stereocenters. The number of aryl methyl sites for hydroxylation is 1. The molecule has 1 amide bonds. The summed E-state index contributed by atoms with van der Waals surface area (Å²) in [5.41, 5.74) is 6.20. The number of allylic oxidation sites excluding steroid dienone is 1. The van der Waals surface area contributed by atoms with Crippen LogP contribution in [0.15, 0.2) is 16.7 Å². The Balaban J connectivity index is 1.91. The molecule has 0 unspecified atom stereocenters. The van der Waals surface area contributed by atoms with Gasteiger partial charge in [-0.1, -0.05) is 17.3 Å². The second-order valence-corrected chi connectivity index (χ2v) is 6.11. The summed E-state index contributed by atoms with van der Waals surface area (Å²) < 4.78 is 7.38. The Morgan fingerprint density at radius 1 is 1.32 bits per heavy atom. The van der Waals surface area contributed by atoms with Crippen molar-refractivity contribution in [2.45, 2.75) is 39.8 Å². The maximum absolute atomic E-state index is 11.7. The van der Waals surface area contributed by atoms with E-state index in [9.17, 15) is 4.79 Å². The molecule has 114 valence electrons. The van der Waals surface area contributed by atoms with Crippen LogP contribution in [-0.4, -0.2) is 32.3 Å². The number of rotatable bonds is 0. The van der Waals surface area contributed by atoms with E-state index in [-0.39, 0.29) is 5.91 Å². The van der Waals surface area contributed by atoms with Crippen LogP contribution in [0, 0.1) is 6.92 Å². The molecule has 0 radical (unpaired) electrons. The first-order chi connectivity index (χ1) is 10.5. The Morgan fingerprint density at radius 2 is 2.14 bits per heavy atom. The summed E-state index contributed by atoms with van der Waals surface area (Å²) in [6.07, 6.45) is 1.55. The standard InChI is InChI=1S/C16H18N4O2/c1-9-6-12-10(2)22-18-15(12)16-13-8-19(11(3)21)5-4-14(13)17-20(16)7-9/h1,4-8H2,2-3H3. The third-order valence-electron chi connectivity index (χ3n) is 4.56. The first kappa shape index (κ1) is 13.3. The number of aromatic nitrogens is 3. The van der Waals surface area contributed by atoms with Gasteiger partial charge in [-0.25, -0.2) is 0 Å². The zero-order chi connectivity index (χ0) is 15.4. The smallest absolute Gasteiger partial charge is 0.219 e. The second-order valence-electron chi connectivity index (χ2n) is 6.11. The number of amides is 1. The molecular formula is C16H18N4O2. The van der Waals surface area contributed by atoms with Gasteiger partial charge in [-0.05, 0) is 6.92 Å². The van der Waals surface area contributed by atoms with Crippen molar-refractivity contribution in [3.63, 3.8) is 0 Å². The van der Waals surface area contributed by atoms with Crippen molar-refractivity contribution in [1.82, 2.24) is 19.8 Å². The topological polar surface area (TPSA) is 64.2 Å². The Morgan fingerprint density at radius 3 is 2.91 bits per heavy atom.